The largest absolute Gasteiger partial charge is 0.292 e. The van der Waals surface area contributed by atoms with Gasteiger partial charge in [-0.1, -0.05) is 170 Å². The number of nitrogens with zero attached hydrogens (tertiary/aromatic N) is 2. The first-order valence-electron chi connectivity index (χ1n) is 18.6. The molecule has 1 aromatic heterocycles. The van der Waals surface area contributed by atoms with Crippen molar-refractivity contribution in [2.45, 2.75) is 6.92 Å². The Balaban J connectivity index is 1.10. The molecule has 0 aliphatic carbocycles. The zero-order valence-electron chi connectivity index (χ0n) is 29.9. The van der Waals surface area contributed by atoms with Gasteiger partial charge in [-0.2, -0.15) is 0 Å². The fourth-order valence-electron chi connectivity index (χ4n) is 8.23. The third kappa shape index (κ3) is 5.39. The summed E-state index contributed by atoms with van der Waals surface area (Å²) in [5.41, 5.74) is 15.2. The topological polar surface area (TPSA) is 17.8 Å². The Bertz CT molecular complexity index is 2950. The molecule has 0 N–H and O–H groups in total. The van der Waals surface area contributed by atoms with E-state index < -0.39 is 0 Å². The Hall–Kier alpha value is -7.03. The van der Waals surface area contributed by atoms with E-state index in [1.54, 1.807) is 0 Å². The molecule has 0 saturated heterocycles. The summed E-state index contributed by atoms with van der Waals surface area (Å²) in [6.07, 6.45) is 0. The second-order valence-corrected chi connectivity index (χ2v) is 14.0. The Morgan fingerprint density at radius 2 is 0.815 bits per heavy atom. The zero-order chi connectivity index (χ0) is 36.0. The molecule has 0 unspecified atom stereocenters. The van der Waals surface area contributed by atoms with Crippen LogP contribution < -0.4 is 0 Å². The predicted octanol–water partition coefficient (Wildman–Crippen LogP) is 14.0. The fraction of sp³-hybridized carbons (Fsp3) is 0.0192. The number of fused-ring (bicyclic) bond motifs is 3. The van der Waals surface area contributed by atoms with E-state index in [0.717, 1.165) is 33.7 Å². The van der Waals surface area contributed by atoms with E-state index in [9.17, 15) is 0 Å². The third-order valence-corrected chi connectivity index (χ3v) is 10.7. The summed E-state index contributed by atoms with van der Waals surface area (Å²) < 4.78 is 2.29. The molecule has 0 fully saturated rings. The molecule has 0 saturated carbocycles. The zero-order valence-corrected chi connectivity index (χ0v) is 29.9. The molecule has 0 aliphatic heterocycles. The minimum absolute atomic E-state index is 0.946. The van der Waals surface area contributed by atoms with Crippen LogP contribution in [0.1, 0.15) is 5.56 Å². The lowest BCUT2D eigenvalue weighted by atomic mass is 9.85. The van der Waals surface area contributed by atoms with Crippen LogP contribution in [0.5, 0.6) is 0 Å². The van der Waals surface area contributed by atoms with Crippen LogP contribution in [0.2, 0.25) is 0 Å². The lowest BCUT2D eigenvalue weighted by Crippen LogP contribution is -1.98. The molecule has 0 amide bonds. The lowest BCUT2D eigenvalue weighted by Gasteiger charge is -2.18. The number of imidazole rings is 1. The summed E-state index contributed by atoms with van der Waals surface area (Å²) in [6.45, 7) is 2.20. The highest BCUT2D eigenvalue weighted by atomic mass is 15.1. The van der Waals surface area contributed by atoms with Gasteiger partial charge in [0, 0.05) is 11.3 Å². The molecule has 10 aromatic rings. The molecule has 9 aromatic carbocycles. The molecule has 0 radical (unpaired) electrons. The number of rotatable bonds is 6. The quantitative estimate of drug-likeness (QED) is 0.159. The summed E-state index contributed by atoms with van der Waals surface area (Å²) in [5.74, 6) is 0.946. The highest BCUT2D eigenvalue weighted by Gasteiger charge is 2.19. The minimum Gasteiger partial charge on any atom is -0.292 e. The van der Waals surface area contributed by atoms with Gasteiger partial charge in [0.2, 0.25) is 0 Å². The molecule has 2 heteroatoms. The first-order chi connectivity index (χ1) is 26.7. The fourth-order valence-corrected chi connectivity index (χ4v) is 8.23. The molecular weight excluding hydrogens is 653 g/mol. The summed E-state index contributed by atoms with van der Waals surface area (Å²) in [6, 6.07) is 72.1. The van der Waals surface area contributed by atoms with Crippen LogP contribution in [0.3, 0.4) is 0 Å². The first kappa shape index (κ1) is 31.7. The Labute approximate surface area is 315 Å². The van der Waals surface area contributed by atoms with E-state index in [2.05, 4.69) is 212 Å². The monoisotopic (exact) mass is 688 g/mol. The van der Waals surface area contributed by atoms with Crippen molar-refractivity contribution in [1.82, 2.24) is 9.55 Å². The molecule has 254 valence electrons. The number of hydrogen-bond donors (Lipinski definition) is 0. The van der Waals surface area contributed by atoms with Gasteiger partial charge in [-0.15, -0.1) is 0 Å². The van der Waals surface area contributed by atoms with Crippen molar-refractivity contribution in [3.63, 3.8) is 0 Å². The van der Waals surface area contributed by atoms with Gasteiger partial charge in [0.25, 0.3) is 0 Å². The predicted molar refractivity (Wildman–Crippen MR) is 228 cm³/mol. The smallest absolute Gasteiger partial charge is 0.145 e. The number of benzene rings is 9. The molecular formula is C52H36N2. The van der Waals surface area contributed by atoms with Gasteiger partial charge in [0.05, 0.1) is 11.0 Å². The molecule has 2 nitrogen and oxygen atoms in total. The van der Waals surface area contributed by atoms with E-state index in [0.29, 0.717) is 0 Å². The van der Waals surface area contributed by atoms with Crippen molar-refractivity contribution in [3.8, 4) is 61.6 Å². The Kier molecular flexibility index (Phi) is 7.74. The van der Waals surface area contributed by atoms with Gasteiger partial charge in [-0.3, -0.25) is 4.57 Å². The average molecular weight is 689 g/mol. The summed E-state index contributed by atoms with van der Waals surface area (Å²) in [5, 5.41) is 5.04. The third-order valence-electron chi connectivity index (χ3n) is 10.7. The van der Waals surface area contributed by atoms with Crippen molar-refractivity contribution in [2.75, 3.05) is 0 Å². The number of aromatic nitrogens is 2. The van der Waals surface area contributed by atoms with Crippen LogP contribution in [0.15, 0.2) is 200 Å². The van der Waals surface area contributed by atoms with E-state index in [-0.39, 0.29) is 0 Å². The maximum absolute atomic E-state index is 5.25. The van der Waals surface area contributed by atoms with Gasteiger partial charge in [-0.25, -0.2) is 4.98 Å². The Morgan fingerprint density at radius 1 is 0.352 bits per heavy atom. The van der Waals surface area contributed by atoms with E-state index in [4.69, 9.17) is 4.98 Å². The SMILES string of the molecule is Cc1cc(-c2ccc(-c3ccc4c(-c5ccccc5)c5ccccc5c(-c5ccccc5)c4c3)cc2)cc2nc(-c3ccccc3)n(-c3ccccc3)c12. The number of hydrogen-bond acceptors (Lipinski definition) is 1. The molecule has 1 heterocycles. The van der Waals surface area contributed by atoms with Gasteiger partial charge >= 0.3 is 0 Å². The van der Waals surface area contributed by atoms with Crippen LogP contribution >= 0.6 is 0 Å². The standard InChI is InChI=1S/C52H36N2/c1-35-32-42(34-48-51(35)54(43-22-12-5-13-23-43)52(53-48)40-20-10-4-11-21-40)37-28-26-36(27-29-37)41-30-31-46-47(33-41)50(39-18-8-3-9-19-39)45-25-15-14-24-44(45)49(46)38-16-6-2-7-17-38/h2-34H,1H3. The molecule has 0 spiro atoms. The number of para-hydroxylation sites is 1. The van der Waals surface area contributed by atoms with Crippen molar-refractivity contribution in [1.29, 1.82) is 0 Å². The van der Waals surface area contributed by atoms with E-state index >= 15 is 0 Å². The van der Waals surface area contributed by atoms with Gasteiger partial charge < -0.3 is 0 Å². The molecule has 0 aliphatic rings. The molecule has 54 heavy (non-hydrogen) atoms. The number of aryl methyl sites for hydroxylation is 1. The molecule has 10 rings (SSSR count). The van der Waals surface area contributed by atoms with Gasteiger partial charge in [0.1, 0.15) is 5.82 Å². The highest BCUT2D eigenvalue weighted by Crippen LogP contribution is 2.45. The maximum Gasteiger partial charge on any atom is 0.145 e. The van der Waals surface area contributed by atoms with Crippen molar-refractivity contribution >= 4 is 32.6 Å². The van der Waals surface area contributed by atoms with Crippen LogP contribution in [-0.4, -0.2) is 9.55 Å². The van der Waals surface area contributed by atoms with Crippen LogP contribution in [-0.2, 0) is 0 Å². The minimum atomic E-state index is 0.946. The second kappa shape index (κ2) is 13.2. The van der Waals surface area contributed by atoms with Crippen molar-refractivity contribution in [3.05, 3.63) is 206 Å². The normalized spacial score (nSPS) is 11.4. The van der Waals surface area contributed by atoms with Crippen molar-refractivity contribution < 1.29 is 0 Å². The van der Waals surface area contributed by atoms with Gasteiger partial charge in [0.15, 0.2) is 0 Å². The van der Waals surface area contributed by atoms with E-state index in [1.165, 1.54) is 66.1 Å². The van der Waals surface area contributed by atoms with Crippen LogP contribution in [0, 0.1) is 6.92 Å². The Morgan fingerprint density at radius 3 is 1.41 bits per heavy atom. The summed E-state index contributed by atoms with van der Waals surface area (Å²) in [4.78, 5) is 5.25. The summed E-state index contributed by atoms with van der Waals surface area (Å²) >= 11 is 0. The first-order valence-corrected chi connectivity index (χ1v) is 18.6. The van der Waals surface area contributed by atoms with Crippen molar-refractivity contribution in [2.24, 2.45) is 0 Å². The highest BCUT2D eigenvalue weighted by molar-refractivity contribution is 6.22. The lowest BCUT2D eigenvalue weighted by molar-refractivity contribution is 1.10. The average Bonchev–Trinajstić information content (AvgIpc) is 3.64. The van der Waals surface area contributed by atoms with Crippen LogP contribution in [0.25, 0.3) is 94.2 Å². The molecule has 0 atom stereocenters. The second-order valence-electron chi connectivity index (χ2n) is 14.0. The van der Waals surface area contributed by atoms with Crippen LogP contribution in [0.4, 0.5) is 0 Å². The van der Waals surface area contributed by atoms with Gasteiger partial charge in [-0.05, 0) is 109 Å². The van der Waals surface area contributed by atoms with E-state index in [1.807, 2.05) is 0 Å². The molecule has 0 bridgehead atoms. The summed E-state index contributed by atoms with van der Waals surface area (Å²) in [7, 11) is 0. The maximum atomic E-state index is 5.25.